The summed E-state index contributed by atoms with van der Waals surface area (Å²) < 4.78 is 57.1. The average molecular weight is 292 g/mol. The third-order valence-electron chi connectivity index (χ3n) is 2.21. The topological polar surface area (TPSA) is 22.1 Å². The van der Waals surface area contributed by atoms with Gasteiger partial charge in [0.15, 0.2) is 17.4 Å². The number of pyridine rings is 1. The van der Waals surface area contributed by atoms with Crippen LogP contribution in [0, 0.1) is 23.3 Å². The molecule has 0 spiro atoms. The Balaban J connectivity index is 2.25. The molecule has 7 heteroatoms. The summed E-state index contributed by atoms with van der Waals surface area (Å²) in [7, 11) is 0. The second kappa shape index (κ2) is 5.44. The molecule has 19 heavy (non-hydrogen) atoms. The van der Waals surface area contributed by atoms with E-state index in [0.717, 1.165) is 0 Å². The molecular formula is C12H6ClF4NO. The molecule has 100 valence electrons. The lowest BCUT2D eigenvalue weighted by Crippen LogP contribution is -2.05. The minimum Gasteiger partial charge on any atom is -0.481 e. The van der Waals surface area contributed by atoms with Crippen molar-refractivity contribution in [2.75, 3.05) is 0 Å². The average Bonchev–Trinajstić information content (AvgIpc) is 2.36. The first kappa shape index (κ1) is 13.6. The van der Waals surface area contributed by atoms with Gasteiger partial charge in [0, 0.05) is 6.07 Å². The van der Waals surface area contributed by atoms with Gasteiger partial charge < -0.3 is 4.74 Å². The van der Waals surface area contributed by atoms with Crippen LogP contribution in [0.25, 0.3) is 0 Å². The smallest absolute Gasteiger partial charge is 0.203 e. The van der Waals surface area contributed by atoms with Crippen LogP contribution in [0.2, 0.25) is 5.15 Å². The molecule has 1 aromatic heterocycles. The lowest BCUT2D eigenvalue weighted by Gasteiger charge is -2.09. The Morgan fingerprint density at radius 3 is 2.26 bits per heavy atom. The molecule has 0 unspecified atom stereocenters. The van der Waals surface area contributed by atoms with Crippen molar-refractivity contribution in [1.82, 2.24) is 4.98 Å². The highest BCUT2D eigenvalue weighted by Gasteiger charge is 2.20. The minimum atomic E-state index is -1.60. The van der Waals surface area contributed by atoms with E-state index in [0.29, 0.717) is 0 Å². The first-order valence-electron chi connectivity index (χ1n) is 5.06. The highest BCUT2D eigenvalue weighted by Crippen LogP contribution is 2.27. The Morgan fingerprint density at radius 1 is 1.05 bits per heavy atom. The summed E-state index contributed by atoms with van der Waals surface area (Å²) in [5, 5.41) is 0.160. The van der Waals surface area contributed by atoms with E-state index in [1.165, 1.54) is 12.1 Å². The summed E-state index contributed by atoms with van der Waals surface area (Å²) >= 11 is 5.60. The van der Waals surface area contributed by atoms with Crippen LogP contribution in [-0.4, -0.2) is 4.98 Å². The van der Waals surface area contributed by atoms with Gasteiger partial charge in [0.2, 0.25) is 11.6 Å². The zero-order chi connectivity index (χ0) is 14.0. The summed E-state index contributed by atoms with van der Waals surface area (Å²) in [6.07, 6.45) is 0. The van der Waals surface area contributed by atoms with Gasteiger partial charge in [-0.05, 0) is 12.1 Å². The Bertz CT molecular complexity index is 595. The molecule has 0 saturated heterocycles. The number of aromatic nitrogens is 1. The minimum absolute atomic E-state index is 0.106. The van der Waals surface area contributed by atoms with E-state index in [2.05, 4.69) is 4.98 Å². The van der Waals surface area contributed by atoms with Gasteiger partial charge in [-0.3, -0.25) is 0 Å². The Labute approximate surface area is 110 Å². The highest BCUT2D eigenvalue weighted by atomic mass is 35.5. The standard InChI is InChI=1S/C12H6ClF4NO/c13-9-3-1-2-6(18-9)5-19-12-10(16)7(14)4-8(15)11(12)17/h1-4H,5H2. The molecule has 0 saturated carbocycles. The fraction of sp³-hybridized carbons (Fsp3) is 0.0833. The van der Waals surface area contributed by atoms with E-state index in [-0.39, 0.29) is 23.5 Å². The maximum absolute atomic E-state index is 13.3. The number of ether oxygens (including phenoxy) is 1. The predicted octanol–water partition coefficient (Wildman–Crippen LogP) is 3.87. The van der Waals surface area contributed by atoms with Gasteiger partial charge in [0.05, 0.1) is 5.69 Å². The van der Waals surface area contributed by atoms with E-state index in [4.69, 9.17) is 16.3 Å². The first-order valence-corrected chi connectivity index (χ1v) is 5.44. The maximum atomic E-state index is 13.3. The normalized spacial score (nSPS) is 10.6. The third-order valence-corrected chi connectivity index (χ3v) is 2.42. The fourth-order valence-electron chi connectivity index (χ4n) is 1.35. The molecule has 2 rings (SSSR count). The van der Waals surface area contributed by atoms with Crippen LogP contribution in [0.5, 0.6) is 5.75 Å². The van der Waals surface area contributed by atoms with Crippen LogP contribution in [0.1, 0.15) is 5.69 Å². The van der Waals surface area contributed by atoms with Gasteiger partial charge in [-0.1, -0.05) is 17.7 Å². The van der Waals surface area contributed by atoms with Crippen LogP contribution in [-0.2, 0) is 6.61 Å². The highest BCUT2D eigenvalue weighted by molar-refractivity contribution is 6.29. The van der Waals surface area contributed by atoms with Crippen molar-refractivity contribution in [3.63, 3.8) is 0 Å². The van der Waals surface area contributed by atoms with Gasteiger partial charge in [-0.15, -0.1) is 0 Å². The predicted molar refractivity (Wildman–Crippen MR) is 59.9 cm³/mol. The molecule has 1 aromatic carbocycles. The van der Waals surface area contributed by atoms with E-state index in [1.807, 2.05) is 0 Å². The van der Waals surface area contributed by atoms with E-state index in [9.17, 15) is 17.6 Å². The molecule has 0 fully saturated rings. The summed E-state index contributed by atoms with van der Waals surface area (Å²) in [6.45, 7) is -0.378. The number of rotatable bonds is 3. The van der Waals surface area contributed by atoms with Crippen molar-refractivity contribution in [3.05, 3.63) is 58.4 Å². The number of hydrogen-bond donors (Lipinski definition) is 0. The molecule has 2 aromatic rings. The lowest BCUT2D eigenvalue weighted by atomic mass is 10.3. The summed E-state index contributed by atoms with van der Waals surface area (Å²) in [4.78, 5) is 3.80. The lowest BCUT2D eigenvalue weighted by molar-refractivity contribution is 0.258. The van der Waals surface area contributed by atoms with Gasteiger partial charge in [0.1, 0.15) is 11.8 Å². The molecule has 0 aliphatic carbocycles. The summed E-state index contributed by atoms with van der Waals surface area (Å²) in [5.41, 5.74) is 0.260. The first-order chi connectivity index (χ1) is 8.99. The molecule has 0 atom stereocenters. The molecule has 0 N–H and O–H groups in total. The maximum Gasteiger partial charge on any atom is 0.203 e. The van der Waals surface area contributed by atoms with Crippen LogP contribution in [0.4, 0.5) is 17.6 Å². The third kappa shape index (κ3) is 2.96. The Morgan fingerprint density at radius 2 is 1.68 bits per heavy atom. The molecule has 0 aliphatic heterocycles. The molecule has 2 nitrogen and oxygen atoms in total. The van der Waals surface area contributed by atoms with Crippen LogP contribution < -0.4 is 4.74 Å². The monoisotopic (exact) mass is 291 g/mol. The van der Waals surface area contributed by atoms with E-state index < -0.39 is 29.0 Å². The Hall–Kier alpha value is -1.82. The van der Waals surface area contributed by atoms with Crippen molar-refractivity contribution >= 4 is 11.6 Å². The van der Waals surface area contributed by atoms with Gasteiger partial charge >= 0.3 is 0 Å². The molecule has 1 heterocycles. The number of benzene rings is 1. The van der Waals surface area contributed by atoms with Crippen molar-refractivity contribution in [2.24, 2.45) is 0 Å². The largest absolute Gasteiger partial charge is 0.481 e. The molecule has 0 amide bonds. The van der Waals surface area contributed by atoms with Crippen LogP contribution in [0.3, 0.4) is 0 Å². The summed E-state index contributed by atoms with van der Waals surface area (Å²) in [6, 6.07) is 4.63. The summed E-state index contributed by atoms with van der Waals surface area (Å²) in [5.74, 6) is -7.39. The number of halogens is 5. The van der Waals surface area contributed by atoms with Gasteiger partial charge in [-0.25, -0.2) is 13.8 Å². The molecule has 0 aliphatic rings. The van der Waals surface area contributed by atoms with Gasteiger partial charge in [-0.2, -0.15) is 8.78 Å². The molecule has 0 bridgehead atoms. The second-order valence-electron chi connectivity index (χ2n) is 3.54. The van der Waals surface area contributed by atoms with E-state index in [1.54, 1.807) is 6.07 Å². The zero-order valence-electron chi connectivity index (χ0n) is 9.26. The van der Waals surface area contributed by atoms with Crippen molar-refractivity contribution in [2.45, 2.75) is 6.61 Å². The quantitative estimate of drug-likeness (QED) is 0.486. The second-order valence-corrected chi connectivity index (χ2v) is 3.92. The zero-order valence-corrected chi connectivity index (χ0v) is 10.0. The molecule has 0 radical (unpaired) electrons. The van der Waals surface area contributed by atoms with E-state index >= 15 is 0 Å². The van der Waals surface area contributed by atoms with Crippen molar-refractivity contribution in [3.8, 4) is 5.75 Å². The number of nitrogens with zero attached hydrogens (tertiary/aromatic N) is 1. The molecular weight excluding hydrogens is 286 g/mol. The van der Waals surface area contributed by atoms with Gasteiger partial charge in [0.25, 0.3) is 0 Å². The van der Waals surface area contributed by atoms with Crippen molar-refractivity contribution < 1.29 is 22.3 Å². The SMILES string of the molecule is Fc1cc(F)c(F)c(OCc2cccc(Cl)n2)c1F. The Kier molecular flexibility index (Phi) is 3.90. The fourth-order valence-corrected chi connectivity index (χ4v) is 1.54. The van der Waals surface area contributed by atoms with Crippen molar-refractivity contribution in [1.29, 1.82) is 0 Å². The van der Waals surface area contributed by atoms with Crippen LogP contribution in [0.15, 0.2) is 24.3 Å². The van der Waals surface area contributed by atoms with Crippen LogP contribution >= 0.6 is 11.6 Å². The number of hydrogen-bond acceptors (Lipinski definition) is 2.